The summed E-state index contributed by atoms with van der Waals surface area (Å²) in [5.41, 5.74) is 0. The summed E-state index contributed by atoms with van der Waals surface area (Å²) in [7, 11) is 0. The number of carboxylic acids is 1. The minimum Gasteiger partial charge on any atom is -0.481 e. The summed E-state index contributed by atoms with van der Waals surface area (Å²) in [5.74, 6) is -1.33. The van der Waals surface area contributed by atoms with Crippen LogP contribution in [0.2, 0.25) is 0 Å². The first-order valence-corrected chi connectivity index (χ1v) is 52.5. The van der Waals surface area contributed by atoms with Crippen LogP contribution >= 0.6 is 127 Å². The highest BCUT2D eigenvalue weighted by atomic mass is 32.7. The lowest BCUT2D eigenvalue weighted by Gasteiger charge is -2.29. The Labute approximate surface area is 570 Å². The smallest absolute Gasteiger partial charge is 0.389 e. The lowest BCUT2D eigenvalue weighted by Crippen LogP contribution is -2.18. The lowest BCUT2D eigenvalue weighted by molar-refractivity contribution is -0.136. The summed E-state index contributed by atoms with van der Waals surface area (Å²) in [6.45, 7) is 13.8. The van der Waals surface area contributed by atoms with Crippen molar-refractivity contribution in [2.45, 2.75) is 195 Å². The van der Waals surface area contributed by atoms with Crippen molar-refractivity contribution in [3.8, 4) is 0 Å². The van der Waals surface area contributed by atoms with Gasteiger partial charge in [-0.25, -0.2) is 32.0 Å². The molecule has 0 aliphatic carbocycles. The predicted octanol–water partition coefficient (Wildman–Crippen LogP) is 21.2. The molecule has 0 heterocycles. The zero-order valence-electron chi connectivity index (χ0n) is 57.3. The van der Waals surface area contributed by atoms with E-state index in [9.17, 15) is 32.7 Å². The average molecular weight is 1560 g/mol. The van der Waals surface area contributed by atoms with Crippen LogP contribution in [0.4, 0.5) is 0 Å². The molecule has 0 fully saturated rings. The Morgan fingerprint density at radius 2 is 0.411 bits per heavy atom. The van der Waals surface area contributed by atoms with Crippen LogP contribution in [0.1, 0.15) is 159 Å². The van der Waals surface area contributed by atoms with Crippen LogP contribution in [0.5, 0.6) is 0 Å². The molecule has 0 saturated heterocycles. The highest BCUT2D eigenvalue weighted by molar-refractivity contribution is 8.57. The molecule has 0 bridgehead atoms. The van der Waals surface area contributed by atoms with E-state index in [4.69, 9.17) is 63.3 Å². The topological polar surface area (TPSA) is 286 Å². The van der Waals surface area contributed by atoms with Gasteiger partial charge in [-0.15, -0.1) is 0 Å². The number of aliphatic carboxylic acids is 1. The lowest BCUT2D eigenvalue weighted by atomic mass is 10.2. The first-order chi connectivity index (χ1) is 41.4. The van der Waals surface area contributed by atoms with E-state index in [2.05, 4.69) is 0 Å². The SMILES string of the molecule is CC(C)COP(=O)(OCC(C)C)SCC(C)OP(=O)(OC(C)CSP(=O)(OCC(C)C)OCC(C)C)SCC(C)OP(=O)(OC(C)CSP(=O)(OC(C)CSP(=O)(OCC(C)C)OCC(C)C)OC(C)CSP(=O)(OCC(C)C)OCC(C)C)SCCC(=O)O. The monoisotopic (exact) mass is 1560 g/mol. The molecule has 6 unspecified atom stereocenters. The minimum absolute atomic E-state index is 0.00152. The number of hydrogen-bond donors (Lipinski definition) is 1. The normalized spacial score (nSPS) is 17.4. The summed E-state index contributed by atoms with van der Waals surface area (Å²) >= 11 is 5.72. The average Bonchev–Trinajstić information content (AvgIpc) is 1.05. The second-order valence-electron chi connectivity index (χ2n) is 24.9. The molecule has 0 aromatic heterocycles. The van der Waals surface area contributed by atoms with E-state index in [0.29, 0.717) is 11.4 Å². The van der Waals surface area contributed by atoms with Crippen molar-refractivity contribution in [2.75, 3.05) is 93.1 Å². The standard InChI is InChI=1S/C53H113O23P7S7/c1-39(2)25-63-77(56,64-26-40(3)4)85-33-47(17)73-82(61,74-48(18)34-86-78(57,65-27-41(5)6)66-28-42(7)8)89-37-51(21)71-81(60,84-24-23-53(54)55)72-52(22)38-90-83(62,75-49(19)35-87-79(58,67-29-43(9)10)68-30-44(11)12)76-50(20)36-88-80(59,69-31-45(13)14)70-32-46(15)16/h39-52H,23-38H2,1-22H3,(H,54,55). The van der Waals surface area contributed by atoms with E-state index in [1.165, 1.54) is 0 Å². The van der Waals surface area contributed by atoms with Gasteiger partial charge in [0.2, 0.25) is 0 Å². The van der Waals surface area contributed by atoms with Crippen molar-refractivity contribution in [3.63, 3.8) is 0 Å². The van der Waals surface area contributed by atoms with Crippen LogP contribution in [-0.2, 0) is 100 Å². The maximum absolute atomic E-state index is 15.1. The molecule has 90 heavy (non-hydrogen) atoms. The number of rotatable bonds is 58. The molecule has 0 saturated carbocycles. The molecule has 1 N–H and O–H groups in total. The second-order valence-corrected chi connectivity index (χ2v) is 53.5. The Kier molecular flexibility index (Phi) is 48.8. The Morgan fingerprint density at radius 1 is 0.267 bits per heavy atom. The van der Waals surface area contributed by atoms with Gasteiger partial charge in [-0.1, -0.05) is 111 Å². The van der Waals surface area contributed by atoms with Crippen molar-refractivity contribution < 1.29 is 105 Å². The van der Waals surface area contributed by atoms with E-state index in [1.54, 1.807) is 41.5 Å². The zero-order valence-corrected chi connectivity index (χ0v) is 69.3. The fraction of sp³-hybridized carbons (Fsp3) is 0.981. The molecule has 0 aromatic rings. The van der Waals surface area contributed by atoms with Crippen LogP contribution in [-0.4, -0.2) is 141 Å². The van der Waals surface area contributed by atoms with E-state index in [1.807, 2.05) is 111 Å². The first kappa shape index (κ1) is 93.0. The van der Waals surface area contributed by atoms with Crippen LogP contribution in [0, 0.1) is 47.3 Å². The summed E-state index contributed by atoms with van der Waals surface area (Å²) in [4.78, 5) is 11.8. The first-order valence-electron chi connectivity index (χ1n) is 30.6. The third-order valence-electron chi connectivity index (χ3n) is 9.75. The number of carboxylic acid groups (broad SMARTS) is 1. The molecular weight excluding hydrogens is 1450 g/mol. The Balaban J connectivity index is 7.08. The van der Waals surface area contributed by atoms with Gasteiger partial charge in [0.1, 0.15) is 0 Å². The molecule has 0 aliphatic rings. The molecule has 0 aromatic carbocycles. The van der Waals surface area contributed by atoms with Gasteiger partial charge in [-0.2, -0.15) is 0 Å². The molecule has 0 amide bonds. The number of hydrogen-bond acceptors (Lipinski definition) is 29. The van der Waals surface area contributed by atoms with Crippen LogP contribution in [0.3, 0.4) is 0 Å². The Morgan fingerprint density at radius 3 is 0.556 bits per heavy atom. The van der Waals surface area contributed by atoms with Crippen molar-refractivity contribution in [1.29, 1.82) is 0 Å². The second kappa shape index (κ2) is 47.2. The molecular formula is C53H113O23P7S7. The highest BCUT2D eigenvalue weighted by Gasteiger charge is 2.40. The molecule has 0 aliphatic heterocycles. The van der Waals surface area contributed by atoms with E-state index in [-0.39, 0.29) is 140 Å². The van der Waals surface area contributed by atoms with Gasteiger partial charge in [-0.3, -0.25) is 31.9 Å². The van der Waals surface area contributed by atoms with Gasteiger partial charge in [0.15, 0.2) is 0 Å². The van der Waals surface area contributed by atoms with E-state index < -0.39 is 96.6 Å². The molecule has 23 nitrogen and oxygen atoms in total. The maximum atomic E-state index is 15.1. The van der Waals surface area contributed by atoms with Crippen molar-refractivity contribution in [2.24, 2.45) is 47.3 Å². The Hall–Kier alpha value is 2.97. The molecule has 0 spiro atoms. The third kappa shape index (κ3) is 47.9. The van der Waals surface area contributed by atoms with Gasteiger partial charge in [0.25, 0.3) is 0 Å². The van der Waals surface area contributed by atoms with Gasteiger partial charge >= 0.3 is 53.6 Å². The molecule has 6 atom stereocenters. The van der Waals surface area contributed by atoms with E-state index >= 15 is 9.13 Å². The van der Waals surface area contributed by atoms with Gasteiger partial charge < -0.3 is 41.3 Å². The quantitative estimate of drug-likeness (QED) is 0.0554. The van der Waals surface area contributed by atoms with Crippen molar-refractivity contribution in [1.82, 2.24) is 0 Å². The minimum atomic E-state index is -4.36. The molecule has 0 rings (SSSR count). The van der Waals surface area contributed by atoms with Gasteiger partial charge in [0.05, 0.1) is 95.9 Å². The van der Waals surface area contributed by atoms with Gasteiger partial charge in [0, 0.05) is 40.3 Å². The summed E-state index contributed by atoms with van der Waals surface area (Å²) in [5, 5.41) is 9.60. The number of carbonyl (C=O) groups is 1. The van der Waals surface area contributed by atoms with Crippen LogP contribution in [0.25, 0.3) is 0 Å². The highest BCUT2D eigenvalue weighted by Crippen LogP contribution is 2.70. The maximum Gasteiger partial charge on any atom is 0.389 e. The fourth-order valence-electron chi connectivity index (χ4n) is 5.55. The molecule has 540 valence electrons. The third-order valence-corrected chi connectivity index (χ3v) is 37.4. The fourth-order valence-corrected chi connectivity index (χ4v) is 32.8. The summed E-state index contributed by atoms with van der Waals surface area (Å²) in [6, 6.07) is 0. The summed E-state index contributed by atoms with van der Waals surface area (Å²) in [6.07, 6.45) is -6.02. The largest absolute Gasteiger partial charge is 0.481 e. The van der Waals surface area contributed by atoms with Crippen molar-refractivity contribution >= 4 is 133 Å². The Bertz CT molecular complexity index is 2010. The summed E-state index contributed by atoms with van der Waals surface area (Å²) < 4.78 is 184. The molecule has 37 heteroatoms. The molecule has 0 radical (unpaired) electrons. The zero-order chi connectivity index (χ0) is 69.3. The van der Waals surface area contributed by atoms with Crippen LogP contribution < -0.4 is 0 Å². The van der Waals surface area contributed by atoms with Gasteiger partial charge in [-0.05, 0) is 169 Å². The van der Waals surface area contributed by atoms with Crippen LogP contribution in [0.15, 0.2) is 0 Å². The van der Waals surface area contributed by atoms with E-state index in [0.717, 1.165) is 68.3 Å². The predicted molar refractivity (Wildman–Crippen MR) is 382 cm³/mol. The van der Waals surface area contributed by atoms with Crippen molar-refractivity contribution in [3.05, 3.63) is 0 Å².